The molecule has 1 amide bonds. The van der Waals surface area contributed by atoms with Crippen LogP contribution in [0.4, 0.5) is 11.4 Å². The van der Waals surface area contributed by atoms with E-state index in [2.05, 4.69) is 5.32 Å². The number of fused-ring (bicyclic) bond motifs is 3. The lowest BCUT2D eigenvalue weighted by molar-refractivity contribution is -0.147. The number of phenols is 1. The number of rotatable bonds is 6. The van der Waals surface area contributed by atoms with Gasteiger partial charge in [0, 0.05) is 44.2 Å². The molecule has 0 spiro atoms. The first-order chi connectivity index (χ1) is 16.8. The number of primary amides is 1. The highest BCUT2D eigenvalue weighted by molar-refractivity contribution is 6.22. The van der Waals surface area contributed by atoms with Crippen LogP contribution in [0.1, 0.15) is 24.0 Å². The molecule has 1 fully saturated rings. The van der Waals surface area contributed by atoms with E-state index in [0.717, 1.165) is 0 Å². The third-order valence-electron chi connectivity index (χ3n) is 7.23. The summed E-state index contributed by atoms with van der Waals surface area (Å²) < 4.78 is 0. The number of aliphatic hydroxyl groups is 4. The fourth-order valence-corrected chi connectivity index (χ4v) is 5.59. The van der Waals surface area contributed by atoms with Crippen molar-refractivity contribution in [3.63, 3.8) is 0 Å². The molecular formula is C24H28ClN3O8. The number of nitrogens with two attached hydrogens (primary N) is 1. The fourth-order valence-electron chi connectivity index (χ4n) is 5.49. The Morgan fingerprint density at radius 1 is 1.28 bits per heavy atom. The summed E-state index contributed by atoms with van der Waals surface area (Å²) in [5.41, 5.74) is 2.86. The molecule has 1 aromatic rings. The van der Waals surface area contributed by atoms with Crippen LogP contribution in [0.15, 0.2) is 23.0 Å². The minimum atomic E-state index is -2.62. The van der Waals surface area contributed by atoms with Crippen molar-refractivity contribution in [1.29, 1.82) is 0 Å². The van der Waals surface area contributed by atoms with E-state index in [4.69, 9.17) is 17.3 Å². The number of aromatic hydroxyl groups is 1. The van der Waals surface area contributed by atoms with Crippen LogP contribution in [0.2, 0.25) is 0 Å². The zero-order valence-electron chi connectivity index (χ0n) is 19.7. The maximum Gasteiger partial charge on any atom is 0.255 e. The summed E-state index contributed by atoms with van der Waals surface area (Å²) in [6.07, 6.45) is -1.03. The third kappa shape index (κ3) is 3.69. The van der Waals surface area contributed by atoms with Gasteiger partial charge < -0.3 is 41.5 Å². The average Bonchev–Trinajstić information content (AvgIpc) is 2.80. The van der Waals surface area contributed by atoms with Gasteiger partial charge in [0.15, 0.2) is 11.4 Å². The van der Waals surface area contributed by atoms with E-state index < -0.39 is 58.1 Å². The first-order valence-electron chi connectivity index (χ1n) is 11.4. The molecule has 0 heterocycles. The molecule has 0 saturated heterocycles. The van der Waals surface area contributed by atoms with Crippen molar-refractivity contribution in [2.75, 3.05) is 36.7 Å². The van der Waals surface area contributed by atoms with Gasteiger partial charge in [0.25, 0.3) is 5.91 Å². The molecule has 4 unspecified atom stereocenters. The zero-order valence-corrected chi connectivity index (χ0v) is 20.5. The Morgan fingerprint density at radius 3 is 2.53 bits per heavy atom. The number of hydrogen-bond acceptors (Lipinski definition) is 10. The van der Waals surface area contributed by atoms with Gasteiger partial charge in [0.1, 0.15) is 22.8 Å². The maximum atomic E-state index is 13.6. The number of ketones is 2. The molecule has 0 radical (unpaired) electrons. The Balaban J connectivity index is 1.90. The van der Waals surface area contributed by atoms with Gasteiger partial charge in [0.2, 0.25) is 5.78 Å². The predicted octanol–water partition coefficient (Wildman–Crippen LogP) is 0.502. The van der Waals surface area contributed by atoms with Crippen LogP contribution in [0.5, 0.6) is 5.75 Å². The lowest BCUT2D eigenvalue weighted by Crippen LogP contribution is -2.58. The number of alkyl halides is 1. The standard InChI is InChI=1S/C24H28ClN3O8/c1-28(2)14-6-13(27-8-11(29)7-25)19(31)17-12(14)4-9-3-10-5-15(30)18(23(26)35)22(34)24(10,36)21(33)16(9)20(17)32/h6,9-11,27,29,31-32,34,36H,3-5,7-8H2,1-2H3,(H2,26,35). The van der Waals surface area contributed by atoms with Crippen molar-refractivity contribution in [2.24, 2.45) is 17.6 Å². The molecule has 3 aliphatic carbocycles. The third-order valence-corrected chi connectivity index (χ3v) is 7.58. The first-order valence-corrected chi connectivity index (χ1v) is 11.9. The van der Waals surface area contributed by atoms with Crippen molar-refractivity contribution >= 4 is 46.2 Å². The Kier molecular flexibility index (Phi) is 6.44. The Hall–Kier alpha value is -3.28. The monoisotopic (exact) mass is 521 g/mol. The van der Waals surface area contributed by atoms with Gasteiger partial charge in [-0.3, -0.25) is 14.4 Å². The smallest absolute Gasteiger partial charge is 0.255 e. The van der Waals surface area contributed by atoms with Gasteiger partial charge in [-0.2, -0.15) is 0 Å². The highest BCUT2D eigenvalue weighted by Crippen LogP contribution is 2.54. The second-order valence-electron chi connectivity index (χ2n) is 9.64. The highest BCUT2D eigenvalue weighted by Gasteiger charge is 2.60. The van der Waals surface area contributed by atoms with Crippen LogP contribution >= 0.6 is 11.6 Å². The van der Waals surface area contributed by atoms with Crippen LogP contribution in [0.3, 0.4) is 0 Å². The van der Waals surface area contributed by atoms with E-state index >= 15 is 0 Å². The second-order valence-corrected chi connectivity index (χ2v) is 9.94. The van der Waals surface area contributed by atoms with Gasteiger partial charge in [-0.1, -0.05) is 0 Å². The summed E-state index contributed by atoms with van der Waals surface area (Å²) in [6.45, 7) is 0.00558. The van der Waals surface area contributed by atoms with Crippen molar-refractivity contribution in [2.45, 2.75) is 31.0 Å². The van der Waals surface area contributed by atoms with Crippen LogP contribution in [-0.4, -0.2) is 81.2 Å². The van der Waals surface area contributed by atoms with E-state index in [-0.39, 0.29) is 54.3 Å². The quantitative estimate of drug-likeness (QED) is 0.157. The first kappa shape index (κ1) is 25.8. The van der Waals surface area contributed by atoms with E-state index in [0.29, 0.717) is 11.3 Å². The topological polar surface area (TPSA) is 194 Å². The van der Waals surface area contributed by atoms with E-state index in [1.807, 2.05) is 0 Å². The number of Topliss-reactive ketones (excluding diaryl/α,β-unsaturated/α-hetero) is 2. The van der Waals surface area contributed by atoms with Crippen LogP contribution in [-0.2, 0) is 20.8 Å². The molecule has 8 N–H and O–H groups in total. The molecule has 1 saturated carbocycles. The molecule has 4 rings (SSSR count). The number of carbonyl (C=O) groups excluding carboxylic acids is 3. The highest BCUT2D eigenvalue weighted by atomic mass is 35.5. The number of nitrogens with zero attached hydrogens (tertiary/aromatic N) is 1. The number of halogens is 1. The molecule has 0 aromatic heterocycles. The minimum absolute atomic E-state index is 0.00558. The SMILES string of the molecule is CN(C)c1cc(NCC(O)CCl)c(O)c2c1CC1CC3CC(=O)C(C(N)=O)=C(O)C3(O)C(=O)C1=C2O. The van der Waals surface area contributed by atoms with E-state index in [9.17, 15) is 39.9 Å². The Morgan fingerprint density at radius 2 is 1.94 bits per heavy atom. The van der Waals surface area contributed by atoms with Gasteiger partial charge in [0.05, 0.1) is 23.2 Å². The zero-order chi connectivity index (χ0) is 26.7. The largest absolute Gasteiger partial charge is 0.508 e. The summed E-state index contributed by atoms with van der Waals surface area (Å²) in [6, 6.07) is 1.65. The van der Waals surface area contributed by atoms with Gasteiger partial charge >= 0.3 is 0 Å². The molecule has 11 nitrogen and oxygen atoms in total. The van der Waals surface area contributed by atoms with Gasteiger partial charge in [-0.15, -0.1) is 11.6 Å². The molecule has 3 aliphatic rings. The normalized spacial score (nSPS) is 26.2. The van der Waals surface area contributed by atoms with Crippen molar-refractivity contribution in [1.82, 2.24) is 0 Å². The number of hydrogen-bond donors (Lipinski definition) is 7. The van der Waals surface area contributed by atoms with Crippen LogP contribution < -0.4 is 16.0 Å². The Bertz CT molecular complexity index is 1240. The van der Waals surface area contributed by atoms with Crippen molar-refractivity contribution in [3.05, 3.63) is 34.1 Å². The molecule has 0 bridgehead atoms. The fraction of sp³-hybridized carbons (Fsp3) is 0.458. The summed E-state index contributed by atoms with van der Waals surface area (Å²) in [7, 11) is 3.53. The van der Waals surface area contributed by atoms with Gasteiger partial charge in [-0.05, 0) is 30.4 Å². The summed E-state index contributed by atoms with van der Waals surface area (Å²) in [5, 5.41) is 57.0. The molecule has 4 atom stereocenters. The minimum Gasteiger partial charge on any atom is -0.508 e. The number of benzene rings is 1. The number of amides is 1. The average molecular weight is 522 g/mol. The summed E-state index contributed by atoms with van der Waals surface area (Å²) >= 11 is 5.65. The van der Waals surface area contributed by atoms with Gasteiger partial charge in [-0.25, -0.2) is 0 Å². The van der Waals surface area contributed by atoms with Crippen LogP contribution in [0, 0.1) is 11.8 Å². The molecule has 194 valence electrons. The molecule has 1 aromatic carbocycles. The van der Waals surface area contributed by atoms with Crippen molar-refractivity contribution < 1.29 is 39.9 Å². The van der Waals surface area contributed by atoms with E-state index in [1.165, 1.54) is 0 Å². The lowest BCUT2D eigenvalue weighted by atomic mass is 9.59. The number of nitrogens with one attached hydrogen (secondary N) is 1. The number of carbonyl (C=O) groups is 3. The Labute approximate surface area is 211 Å². The van der Waals surface area contributed by atoms with Crippen LogP contribution in [0.25, 0.3) is 5.76 Å². The molecule has 36 heavy (non-hydrogen) atoms. The van der Waals surface area contributed by atoms with Crippen molar-refractivity contribution in [3.8, 4) is 5.75 Å². The number of phenolic OH excluding ortho intramolecular Hbond substituents is 1. The maximum absolute atomic E-state index is 13.6. The lowest BCUT2D eigenvalue weighted by Gasteiger charge is -2.46. The summed E-state index contributed by atoms with van der Waals surface area (Å²) in [4.78, 5) is 39.6. The molecule has 0 aliphatic heterocycles. The predicted molar refractivity (Wildman–Crippen MR) is 131 cm³/mol. The molecular weight excluding hydrogens is 494 g/mol. The van der Waals surface area contributed by atoms with E-state index in [1.54, 1.807) is 25.1 Å². The summed E-state index contributed by atoms with van der Waals surface area (Å²) in [5.74, 6) is -6.86. The number of aliphatic hydroxyl groups excluding tert-OH is 3. The number of anilines is 2. The second kappa shape index (κ2) is 8.99. The molecule has 12 heteroatoms.